The van der Waals surface area contributed by atoms with E-state index in [2.05, 4.69) is 15.0 Å². The number of azide groups is 1. The molecule has 0 aliphatic rings. The zero-order valence-corrected chi connectivity index (χ0v) is 10.0. The Morgan fingerprint density at radius 1 is 1.39 bits per heavy atom. The highest BCUT2D eigenvalue weighted by molar-refractivity contribution is 7.13. The lowest BCUT2D eigenvalue weighted by Gasteiger charge is -1.92. The maximum absolute atomic E-state index is 11.0. The first-order valence-corrected chi connectivity index (χ1v) is 5.95. The molecule has 2 rings (SSSR count). The molecule has 0 saturated carbocycles. The van der Waals surface area contributed by atoms with Crippen LogP contribution in [0.1, 0.15) is 5.69 Å². The number of benzene rings is 1. The van der Waals surface area contributed by atoms with E-state index in [1.165, 1.54) is 23.5 Å². The normalized spacial score (nSPS) is 10.2. The largest absolute Gasteiger partial charge is 0.288 e. The first kappa shape index (κ1) is 12.0. The van der Waals surface area contributed by atoms with Gasteiger partial charge in [-0.2, -0.15) is 0 Å². The lowest BCUT2D eigenvalue weighted by Crippen LogP contribution is -1.82. The summed E-state index contributed by atoms with van der Waals surface area (Å²) in [5, 5.41) is 5.65. The van der Waals surface area contributed by atoms with Gasteiger partial charge in [-0.1, -0.05) is 30.3 Å². The average Bonchev–Trinajstić information content (AvgIpc) is 2.87. The second kappa shape index (κ2) is 5.77. The van der Waals surface area contributed by atoms with E-state index in [1.54, 1.807) is 0 Å². The molecule has 1 heterocycles. The number of carbonyl (C=O) groups excluding carboxylic acids is 1. The van der Waals surface area contributed by atoms with Crippen molar-refractivity contribution in [1.29, 1.82) is 0 Å². The molecule has 0 atom stereocenters. The van der Waals surface area contributed by atoms with Crippen LogP contribution in [0.5, 0.6) is 0 Å². The highest BCUT2D eigenvalue weighted by atomic mass is 32.1. The molecule has 18 heavy (non-hydrogen) atoms. The van der Waals surface area contributed by atoms with E-state index in [4.69, 9.17) is 5.53 Å². The molecule has 0 saturated heterocycles. The van der Waals surface area contributed by atoms with Crippen molar-refractivity contribution in [3.63, 3.8) is 0 Å². The van der Waals surface area contributed by atoms with Crippen LogP contribution in [-0.2, 0) is 4.79 Å². The van der Waals surface area contributed by atoms with Crippen molar-refractivity contribution in [2.45, 2.75) is 0 Å². The van der Waals surface area contributed by atoms with Gasteiger partial charge in [-0.25, -0.2) is 4.98 Å². The number of hydrogen-bond donors (Lipinski definition) is 0. The fourth-order valence-corrected chi connectivity index (χ4v) is 2.10. The van der Waals surface area contributed by atoms with Crippen LogP contribution in [0, 0.1) is 0 Å². The minimum absolute atomic E-state index is 0.633. The number of carbonyl (C=O) groups is 1. The van der Waals surface area contributed by atoms with Crippen molar-refractivity contribution in [2.75, 3.05) is 0 Å². The molecule has 6 heteroatoms. The van der Waals surface area contributed by atoms with E-state index in [0.717, 1.165) is 10.6 Å². The standard InChI is InChI=1S/C12H8N4OS/c13-16-15-11(17)7-6-10-8-18-12(14-10)9-4-2-1-3-5-9/h1-8H. The lowest BCUT2D eigenvalue weighted by atomic mass is 10.2. The Balaban J connectivity index is 2.16. The van der Waals surface area contributed by atoms with Crippen LogP contribution >= 0.6 is 11.3 Å². The third-order valence-electron chi connectivity index (χ3n) is 2.08. The zero-order chi connectivity index (χ0) is 12.8. The Morgan fingerprint density at radius 2 is 2.17 bits per heavy atom. The summed E-state index contributed by atoms with van der Waals surface area (Å²) in [7, 11) is 0. The van der Waals surface area contributed by atoms with Crippen molar-refractivity contribution in [1.82, 2.24) is 4.98 Å². The molecule has 0 spiro atoms. The van der Waals surface area contributed by atoms with Crippen LogP contribution in [-0.4, -0.2) is 10.9 Å². The van der Waals surface area contributed by atoms with Crippen molar-refractivity contribution < 1.29 is 4.79 Å². The molecule has 2 aromatic rings. The fourth-order valence-electron chi connectivity index (χ4n) is 1.31. The van der Waals surface area contributed by atoms with E-state index in [-0.39, 0.29) is 0 Å². The molecule has 88 valence electrons. The topological polar surface area (TPSA) is 78.7 Å². The van der Waals surface area contributed by atoms with Gasteiger partial charge in [0.25, 0.3) is 0 Å². The maximum atomic E-state index is 11.0. The molecule has 0 aliphatic carbocycles. The quantitative estimate of drug-likeness (QED) is 0.363. The number of aromatic nitrogens is 1. The summed E-state index contributed by atoms with van der Waals surface area (Å²) in [4.78, 5) is 17.7. The molecule has 0 N–H and O–H groups in total. The number of amides is 1. The van der Waals surface area contributed by atoms with Crippen LogP contribution in [0.4, 0.5) is 0 Å². The summed E-state index contributed by atoms with van der Waals surface area (Å²) in [5.41, 5.74) is 9.77. The van der Waals surface area contributed by atoms with Crippen molar-refractivity contribution >= 4 is 23.3 Å². The van der Waals surface area contributed by atoms with Gasteiger partial charge in [0.1, 0.15) is 5.01 Å². The van der Waals surface area contributed by atoms with Gasteiger partial charge in [0, 0.05) is 15.9 Å². The van der Waals surface area contributed by atoms with E-state index in [1.807, 2.05) is 35.7 Å². The summed E-state index contributed by atoms with van der Waals surface area (Å²) in [6.45, 7) is 0. The van der Waals surface area contributed by atoms with Gasteiger partial charge in [0.05, 0.1) is 5.69 Å². The van der Waals surface area contributed by atoms with Crippen molar-refractivity contribution in [2.24, 2.45) is 5.11 Å². The van der Waals surface area contributed by atoms with Gasteiger partial charge in [-0.15, -0.1) is 11.3 Å². The van der Waals surface area contributed by atoms with Crippen LogP contribution in [0.25, 0.3) is 27.1 Å². The molecule has 5 nitrogen and oxygen atoms in total. The van der Waals surface area contributed by atoms with Gasteiger partial charge in [0.2, 0.25) is 5.91 Å². The Morgan fingerprint density at radius 3 is 2.89 bits per heavy atom. The van der Waals surface area contributed by atoms with Gasteiger partial charge < -0.3 is 0 Å². The van der Waals surface area contributed by atoms with Crippen LogP contribution in [0.2, 0.25) is 0 Å². The Labute approximate surface area is 107 Å². The van der Waals surface area contributed by atoms with E-state index in [9.17, 15) is 4.79 Å². The van der Waals surface area contributed by atoms with Crippen LogP contribution < -0.4 is 0 Å². The summed E-state index contributed by atoms with van der Waals surface area (Å²) in [5.74, 6) is -0.633. The summed E-state index contributed by atoms with van der Waals surface area (Å²) >= 11 is 1.49. The Kier molecular flexibility index (Phi) is 3.86. The van der Waals surface area contributed by atoms with Crippen molar-refractivity contribution in [3.8, 4) is 10.6 Å². The molecule has 1 aromatic carbocycles. The molecule has 0 aliphatic heterocycles. The van der Waals surface area contributed by atoms with Gasteiger partial charge in [0.15, 0.2) is 0 Å². The fraction of sp³-hybridized carbons (Fsp3) is 0. The van der Waals surface area contributed by atoms with E-state index < -0.39 is 5.91 Å². The molecule has 0 bridgehead atoms. The molecule has 1 aromatic heterocycles. The average molecular weight is 256 g/mol. The minimum atomic E-state index is -0.633. The first-order chi connectivity index (χ1) is 8.79. The summed E-state index contributed by atoms with van der Waals surface area (Å²) < 4.78 is 0. The highest BCUT2D eigenvalue weighted by Gasteiger charge is 2.02. The zero-order valence-electron chi connectivity index (χ0n) is 9.22. The Hall–Kier alpha value is -2.43. The summed E-state index contributed by atoms with van der Waals surface area (Å²) in [6.07, 6.45) is 2.73. The third kappa shape index (κ3) is 3.04. The van der Waals surface area contributed by atoms with E-state index in [0.29, 0.717) is 5.69 Å². The predicted octanol–water partition coefficient (Wildman–Crippen LogP) is 3.66. The van der Waals surface area contributed by atoms with Gasteiger partial charge >= 0.3 is 0 Å². The highest BCUT2D eigenvalue weighted by Crippen LogP contribution is 2.23. The third-order valence-corrected chi connectivity index (χ3v) is 2.99. The molecule has 0 radical (unpaired) electrons. The maximum Gasteiger partial charge on any atom is 0.242 e. The molecule has 0 fully saturated rings. The second-order valence-corrected chi connectivity index (χ2v) is 4.16. The summed E-state index contributed by atoms with van der Waals surface area (Å²) in [6, 6.07) is 9.76. The first-order valence-electron chi connectivity index (χ1n) is 5.07. The molecular weight excluding hydrogens is 248 g/mol. The second-order valence-electron chi connectivity index (χ2n) is 3.30. The monoisotopic (exact) mass is 256 g/mol. The van der Waals surface area contributed by atoms with Gasteiger partial charge in [-0.05, 0) is 22.8 Å². The Bertz CT molecular complexity index is 627. The lowest BCUT2D eigenvalue weighted by molar-refractivity contribution is -0.113. The van der Waals surface area contributed by atoms with Crippen LogP contribution in [0.3, 0.4) is 0 Å². The molecular formula is C12H8N4OS. The van der Waals surface area contributed by atoms with Crippen LogP contribution in [0.15, 0.2) is 46.9 Å². The molecule has 0 unspecified atom stereocenters. The predicted molar refractivity (Wildman–Crippen MR) is 70.7 cm³/mol. The number of hydrogen-bond acceptors (Lipinski definition) is 3. The van der Waals surface area contributed by atoms with Gasteiger partial charge in [-0.3, -0.25) is 4.79 Å². The number of thiazole rings is 1. The number of rotatable bonds is 3. The molecule has 1 amide bonds. The van der Waals surface area contributed by atoms with Crippen molar-refractivity contribution in [3.05, 3.63) is 57.9 Å². The van der Waals surface area contributed by atoms with E-state index >= 15 is 0 Å². The number of nitrogens with zero attached hydrogens (tertiary/aromatic N) is 4. The minimum Gasteiger partial charge on any atom is -0.288 e. The SMILES string of the molecule is [N-]=[N+]=NC(=O)C=Cc1csc(-c2ccccc2)n1. The smallest absolute Gasteiger partial charge is 0.242 e.